The van der Waals surface area contributed by atoms with Gasteiger partial charge in [-0.1, -0.05) is 24.6 Å². The van der Waals surface area contributed by atoms with E-state index in [0.29, 0.717) is 24.5 Å². The molecule has 1 amide bonds. The largest absolute Gasteiger partial charge is 0.417 e. The second-order valence-corrected chi connectivity index (χ2v) is 11.2. The second-order valence-electron chi connectivity index (χ2n) is 11.2. The molecule has 4 heterocycles. The standard InChI is InChI=1S/C31H37F3N6O/c1-21-6-9-25(23-7-11-29(37-18-23)39-15-13-38(3)14-16-39)26(17-21)30(41)40-12-4-5-22(2)27(40)20-36-28-10-8-24(19-35-28)31(32,33)34/h6-11,17-19,22,27H,4-5,12-16,20H2,1-3H3,(H,35,36)/t22-,27?/m1/s1. The van der Waals surface area contributed by atoms with E-state index in [0.717, 1.165) is 73.8 Å². The topological polar surface area (TPSA) is 64.6 Å². The number of halogens is 3. The van der Waals surface area contributed by atoms with Crippen molar-refractivity contribution in [2.24, 2.45) is 5.92 Å². The number of alkyl halides is 3. The Hall–Kier alpha value is -3.66. The summed E-state index contributed by atoms with van der Waals surface area (Å²) in [5.41, 5.74) is 2.56. The molecule has 1 aromatic carbocycles. The maximum Gasteiger partial charge on any atom is 0.417 e. The summed E-state index contributed by atoms with van der Waals surface area (Å²) < 4.78 is 38.8. The number of nitrogens with zero attached hydrogens (tertiary/aromatic N) is 5. The van der Waals surface area contributed by atoms with Crippen molar-refractivity contribution in [2.75, 3.05) is 56.5 Å². The molecule has 2 aromatic heterocycles. The number of benzene rings is 1. The lowest BCUT2D eigenvalue weighted by Gasteiger charge is -2.40. The molecule has 1 unspecified atom stereocenters. The van der Waals surface area contributed by atoms with Crippen LogP contribution in [0.1, 0.15) is 41.3 Å². The van der Waals surface area contributed by atoms with E-state index in [2.05, 4.69) is 34.1 Å². The molecule has 2 fully saturated rings. The highest BCUT2D eigenvalue weighted by Crippen LogP contribution is 2.32. The van der Waals surface area contributed by atoms with Crippen LogP contribution in [0.5, 0.6) is 0 Å². The molecule has 0 saturated carbocycles. The Bertz CT molecular complexity index is 1340. The average molecular weight is 567 g/mol. The van der Waals surface area contributed by atoms with Gasteiger partial charge < -0.3 is 20.0 Å². The summed E-state index contributed by atoms with van der Waals surface area (Å²) in [7, 11) is 2.12. The van der Waals surface area contributed by atoms with Crippen LogP contribution < -0.4 is 10.2 Å². The summed E-state index contributed by atoms with van der Waals surface area (Å²) in [6.07, 6.45) is 0.110. The molecule has 0 bridgehead atoms. The van der Waals surface area contributed by atoms with E-state index in [1.165, 1.54) is 6.07 Å². The maximum absolute atomic E-state index is 14.1. The first-order valence-corrected chi connectivity index (χ1v) is 14.2. The number of piperidine rings is 1. The molecule has 10 heteroatoms. The van der Waals surface area contributed by atoms with Crippen molar-refractivity contribution in [3.8, 4) is 11.1 Å². The van der Waals surface area contributed by atoms with Gasteiger partial charge in [-0.25, -0.2) is 9.97 Å². The summed E-state index contributed by atoms with van der Waals surface area (Å²) in [4.78, 5) is 29.3. The Labute approximate surface area is 239 Å². The zero-order chi connectivity index (χ0) is 29.1. The Morgan fingerprint density at radius 2 is 1.78 bits per heavy atom. The molecule has 0 aliphatic carbocycles. The molecular weight excluding hydrogens is 529 g/mol. The third kappa shape index (κ3) is 6.64. The Morgan fingerprint density at radius 3 is 2.44 bits per heavy atom. The average Bonchev–Trinajstić information content (AvgIpc) is 2.96. The monoisotopic (exact) mass is 566 g/mol. The number of hydrogen-bond acceptors (Lipinski definition) is 6. The number of likely N-dealkylation sites (tertiary alicyclic amines) is 1. The fraction of sp³-hybridized carbons (Fsp3) is 0.452. The van der Waals surface area contributed by atoms with Gasteiger partial charge in [-0.05, 0) is 68.6 Å². The van der Waals surface area contributed by atoms with Gasteiger partial charge in [0.1, 0.15) is 11.6 Å². The Morgan fingerprint density at radius 1 is 1.00 bits per heavy atom. The van der Waals surface area contributed by atoms with Crippen molar-refractivity contribution >= 4 is 17.5 Å². The minimum atomic E-state index is -4.43. The van der Waals surface area contributed by atoms with Gasteiger partial charge in [0, 0.05) is 62.8 Å². The van der Waals surface area contributed by atoms with Crippen LogP contribution in [0.25, 0.3) is 11.1 Å². The number of carbonyl (C=O) groups is 1. The van der Waals surface area contributed by atoms with Gasteiger partial charge in [0.2, 0.25) is 0 Å². The number of amides is 1. The van der Waals surface area contributed by atoms with Crippen molar-refractivity contribution in [3.05, 3.63) is 71.5 Å². The van der Waals surface area contributed by atoms with Gasteiger partial charge >= 0.3 is 6.18 Å². The molecule has 2 atom stereocenters. The molecular formula is C31H37F3N6O. The summed E-state index contributed by atoms with van der Waals surface area (Å²) in [5, 5.41) is 3.17. The molecule has 5 rings (SSSR count). The zero-order valence-corrected chi connectivity index (χ0v) is 23.8. The lowest BCUT2D eigenvalue weighted by Crippen LogP contribution is -2.51. The van der Waals surface area contributed by atoms with Gasteiger partial charge in [0.25, 0.3) is 5.91 Å². The molecule has 2 aliphatic rings. The van der Waals surface area contributed by atoms with Gasteiger partial charge in [0.05, 0.1) is 11.6 Å². The van der Waals surface area contributed by atoms with Crippen LogP contribution in [0, 0.1) is 12.8 Å². The first-order chi connectivity index (χ1) is 19.6. The van der Waals surface area contributed by atoms with Gasteiger partial charge in [0.15, 0.2) is 0 Å². The van der Waals surface area contributed by atoms with Crippen molar-refractivity contribution in [2.45, 2.75) is 38.9 Å². The SMILES string of the molecule is Cc1ccc(-c2ccc(N3CCN(C)CC3)nc2)c(C(=O)N2CCC[C@@H](C)C2CNc2ccc(C(F)(F)F)cn2)c1. The summed E-state index contributed by atoms with van der Waals surface area (Å²) >= 11 is 0. The van der Waals surface area contributed by atoms with E-state index in [9.17, 15) is 18.0 Å². The van der Waals surface area contributed by atoms with E-state index < -0.39 is 11.7 Å². The van der Waals surface area contributed by atoms with Crippen molar-refractivity contribution < 1.29 is 18.0 Å². The van der Waals surface area contributed by atoms with Crippen LogP contribution in [0.4, 0.5) is 24.8 Å². The van der Waals surface area contributed by atoms with E-state index in [1.54, 1.807) is 0 Å². The number of aromatic nitrogens is 2. The number of anilines is 2. The molecule has 0 radical (unpaired) electrons. The number of nitrogens with one attached hydrogen (secondary N) is 1. The van der Waals surface area contributed by atoms with Gasteiger partial charge in [-0.3, -0.25) is 4.79 Å². The highest BCUT2D eigenvalue weighted by molar-refractivity contribution is 6.01. The molecule has 3 aromatic rings. The summed E-state index contributed by atoms with van der Waals surface area (Å²) in [5.74, 6) is 1.46. The number of rotatable bonds is 6. The van der Waals surface area contributed by atoms with Crippen LogP contribution in [-0.2, 0) is 6.18 Å². The first-order valence-electron chi connectivity index (χ1n) is 14.2. The molecule has 41 heavy (non-hydrogen) atoms. The highest BCUT2D eigenvalue weighted by Gasteiger charge is 2.34. The van der Waals surface area contributed by atoms with Crippen LogP contribution in [-0.4, -0.2) is 78.0 Å². The predicted molar refractivity (Wildman–Crippen MR) is 155 cm³/mol. The number of hydrogen-bond donors (Lipinski definition) is 1. The number of aryl methyl sites for hydroxylation is 1. The van der Waals surface area contributed by atoms with E-state index in [-0.39, 0.29) is 17.9 Å². The third-order valence-electron chi connectivity index (χ3n) is 8.25. The molecule has 0 spiro atoms. The second kappa shape index (κ2) is 12.1. The smallest absolute Gasteiger partial charge is 0.368 e. The molecule has 2 aliphatic heterocycles. The summed E-state index contributed by atoms with van der Waals surface area (Å²) in [6.45, 7) is 8.97. The van der Waals surface area contributed by atoms with Crippen molar-refractivity contribution in [1.29, 1.82) is 0 Å². The fourth-order valence-electron chi connectivity index (χ4n) is 5.70. The van der Waals surface area contributed by atoms with E-state index >= 15 is 0 Å². The highest BCUT2D eigenvalue weighted by atomic mass is 19.4. The fourth-order valence-corrected chi connectivity index (χ4v) is 5.70. The molecule has 1 N–H and O–H groups in total. The lowest BCUT2D eigenvalue weighted by atomic mass is 9.89. The van der Waals surface area contributed by atoms with Crippen molar-refractivity contribution in [3.63, 3.8) is 0 Å². The third-order valence-corrected chi connectivity index (χ3v) is 8.25. The number of likely N-dealkylation sites (N-methyl/N-ethyl adjacent to an activating group) is 1. The van der Waals surface area contributed by atoms with Crippen LogP contribution in [0.2, 0.25) is 0 Å². The number of pyridine rings is 2. The maximum atomic E-state index is 14.1. The quantitative estimate of drug-likeness (QED) is 0.421. The number of carbonyl (C=O) groups excluding carboxylic acids is 1. The Kier molecular flexibility index (Phi) is 8.49. The van der Waals surface area contributed by atoms with E-state index in [4.69, 9.17) is 4.98 Å². The van der Waals surface area contributed by atoms with Crippen LogP contribution >= 0.6 is 0 Å². The molecule has 7 nitrogen and oxygen atoms in total. The normalized spacial score (nSPS) is 20.2. The lowest BCUT2D eigenvalue weighted by molar-refractivity contribution is -0.137. The summed E-state index contributed by atoms with van der Waals surface area (Å²) in [6, 6.07) is 12.2. The minimum absolute atomic E-state index is 0.0504. The molecule has 218 valence electrons. The predicted octanol–water partition coefficient (Wildman–Crippen LogP) is 5.58. The first kappa shape index (κ1) is 28.9. The minimum Gasteiger partial charge on any atom is -0.368 e. The Balaban J connectivity index is 1.35. The van der Waals surface area contributed by atoms with Crippen molar-refractivity contribution in [1.82, 2.24) is 19.8 Å². The van der Waals surface area contributed by atoms with Gasteiger partial charge in [-0.2, -0.15) is 13.2 Å². The van der Waals surface area contributed by atoms with Crippen LogP contribution in [0.15, 0.2) is 54.9 Å². The van der Waals surface area contributed by atoms with Gasteiger partial charge in [-0.15, -0.1) is 0 Å². The van der Waals surface area contributed by atoms with Crippen LogP contribution in [0.3, 0.4) is 0 Å². The van der Waals surface area contributed by atoms with E-state index in [1.807, 2.05) is 48.4 Å². The zero-order valence-electron chi connectivity index (χ0n) is 23.8. The molecule has 2 saturated heterocycles. The number of piperazine rings is 1.